The van der Waals surface area contributed by atoms with E-state index in [2.05, 4.69) is 16.4 Å². The Balaban J connectivity index is 1.39. The lowest BCUT2D eigenvalue weighted by molar-refractivity contribution is 0.102. The van der Waals surface area contributed by atoms with Crippen LogP contribution in [0, 0.1) is 11.3 Å². The fourth-order valence-electron chi connectivity index (χ4n) is 3.15. The minimum Gasteiger partial charge on any atom is -0.493 e. The third-order valence-electron chi connectivity index (χ3n) is 4.84. The maximum Gasteiger partial charge on any atom is 0.255 e. The molecule has 0 bridgehead atoms. The van der Waals surface area contributed by atoms with Crippen LogP contribution in [0.1, 0.15) is 27.2 Å². The Labute approximate surface area is 201 Å². The van der Waals surface area contributed by atoms with E-state index in [9.17, 15) is 4.79 Å². The molecule has 1 amide bonds. The van der Waals surface area contributed by atoms with Crippen molar-refractivity contribution in [2.75, 3.05) is 12.4 Å². The number of hydrogen-bond acceptors (Lipinski definition) is 7. The van der Waals surface area contributed by atoms with Gasteiger partial charge in [-0.05, 0) is 48.0 Å². The van der Waals surface area contributed by atoms with Gasteiger partial charge in [0.2, 0.25) is 0 Å². The number of carbonyl (C=O) groups is 1. The number of nitrogens with one attached hydrogen (secondary N) is 1. The van der Waals surface area contributed by atoms with E-state index in [1.807, 2.05) is 17.5 Å². The van der Waals surface area contributed by atoms with E-state index >= 15 is 0 Å². The molecule has 0 unspecified atom stereocenters. The van der Waals surface area contributed by atoms with Crippen LogP contribution in [0.5, 0.6) is 17.2 Å². The van der Waals surface area contributed by atoms with Crippen LogP contribution in [0.25, 0.3) is 0 Å². The van der Waals surface area contributed by atoms with Crippen LogP contribution in [0.3, 0.4) is 0 Å². The van der Waals surface area contributed by atoms with Crippen LogP contribution in [-0.2, 0) is 13.2 Å². The molecule has 4 rings (SSSR count). The first-order valence-electron chi connectivity index (χ1n) is 10.4. The molecule has 0 saturated heterocycles. The minimum atomic E-state index is -0.289. The molecule has 7 nitrogen and oxygen atoms in total. The van der Waals surface area contributed by atoms with E-state index in [4.69, 9.17) is 19.5 Å². The maximum absolute atomic E-state index is 12.8. The third-order valence-corrected chi connectivity index (χ3v) is 5.47. The molecule has 0 aliphatic heterocycles. The molecule has 8 heteroatoms. The van der Waals surface area contributed by atoms with Gasteiger partial charge in [-0.15, -0.1) is 11.3 Å². The van der Waals surface area contributed by atoms with Crippen molar-refractivity contribution >= 4 is 22.9 Å². The van der Waals surface area contributed by atoms with E-state index in [1.165, 1.54) is 18.4 Å². The van der Waals surface area contributed by atoms with Crippen molar-refractivity contribution in [2.45, 2.75) is 13.2 Å². The van der Waals surface area contributed by atoms with Gasteiger partial charge in [0.25, 0.3) is 5.91 Å². The topological polar surface area (TPSA) is 93.5 Å². The first kappa shape index (κ1) is 22.8. The quantitative estimate of drug-likeness (QED) is 0.350. The Kier molecular flexibility index (Phi) is 7.38. The number of benzene rings is 3. The molecule has 1 heterocycles. The molecule has 34 heavy (non-hydrogen) atoms. The van der Waals surface area contributed by atoms with Crippen molar-refractivity contribution in [3.05, 3.63) is 100 Å². The van der Waals surface area contributed by atoms with Crippen LogP contribution < -0.4 is 19.5 Å². The van der Waals surface area contributed by atoms with Gasteiger partial charge in [0.1, 0.15) is 19.0 Å². The van der Waals surface area contributed by atoms with E-state index in [-0.39, 0.29) is 5.91 Å². The SMILES string of the molecule is COc1cc(C(=O)Nc2cccc(OCc3cccc(C#N)c3)c2)ccc1OCc1cscn1. The number of carbonyl (C=O) groups excluding carboxylic acids is 1. The molecule has 0 spiro atoms. The lowest BCUT2D eigenvalue weighted by atomic mass is 10.1. The van der Waals surface area contributed by atoms with Crippen molar-refractivity contribution in [1.29, 1.82) is 5.26 Å². The first-order valence-corrected chi connectivity index (χ1v) is 11.3. The highest BCUT2D eigenvalue weighted by Gasteiger charge is 2.12. The summed E-state index contributed by atoms with van der Waals surface area (Å²) in [6.45, 7) is 0.630. The number of amides is 1. The highest BCUT2D eigenvalue weighted by Crippen LogP contribution is 2.29. The average Bonchev–Trinajstić information content (AvgIpc) is 3.40. The van der Waals surface area contributed by atoms with Crippen LogP contribution in [0.4, 0.5) is 5.69 Å². The molecule has 1 aromatic heterocycles. The second-order valence-corrected chi connectivity index (χ2v) is 7.94. The van der Waals surface area contributed by atoms with Crippen molar-refractivity contribution in [3.8, 4) is 23.3 Å². The summed E-state index contributed by atoms with van der Waals surface area (Å²) in [6.07, 6.45) is 0. The van der Waals surface area contributed by atoms with Crippen molar-refractivity contribution in [2.24, 2.45) is 0 Å². The summed E-state index contributed by atoms with van der Waals surface area (Å²) in [4.78, 5) is 17.0. The number of nitrogens with zero attached hydrogens (tertiary/aromatic N) is 2. The Bertz CT molecular complexity index is 1320. The van der Waals surface area contributed by atoms with Crippen molar-refractivity contribution in [3.63, 3.8) is 0 Å². The fourth-order valence-corrected chi connectivity index (χ4v) is 3.70. The normalized spacial score (nSPS) is 10.2. The number of anilines is 1. The maximum atomic E-state index is 12.8. The van der Waals surface area contributed by atoms with Crippen molar-refractivity contribution in [1.82, 2.24) is 4.98 Å². The monoisotopic (exact) mass is 471 g/mol. The largest absolute Gasteiger partial charge is 0.493 e. The molecule has 0 aliphatic rings. The van der Waals surface area contributed by atoms with E-state index in [1.54, 1.807) is 60.1 Å². The predicted molar refractivity (Wildman–Crippen MR) is 129 cm³/mol. The van der Waals surface area contributed by atoms with Gasteiger partial charge in [0.15, 0.2) is 11.5 Å². The van der Waals surface area contributed by atoms with Gasteiger partial charge in [-0.3, -0.25) is 4.79 Å². The van der Waals surface area contributed by atoms with Crippen LogP contribution >= 0.6 is 11.3 Å². The van der Waals surface area contributed by atoms with Crippen molar-refractivity contribution < 1.29 is 19.0 Å². The number of nitriles is 1. The zero-order valence-electron chi connectivity index (χ0n) is 18.4. The number of ether oxygens (including phenoxy) is 3. The lowest BCUT2D eigenvalue weighted by Gasteiger charge is -2.12. The summed E-state index contributed by atoms with van der Waals surface area (Å²) in [5.41, 5.74) is 5.06. The highest BCUT2D eigenvalue weighted by atomic mass is 32.1. The Hall–Kier alpha value is -4.35. The second kappa shape index (κ2) is 11.0. The number of hydrogen-bond donors (Lipinski definition) is 1. The smallest absolute Gasteiger partial charge is 0.255 e. The molecule has 0 aliphatic carbocycles. The summed E-state index contributed by atoms with van der Waals surface area (Å²) >= 11 is 1.50. The van der Waals surface area contributed by atoms with Crippen LogP contribution in [0.2, 0.25) is 0 Å². The molecule has 0 atom stereocenters. The van der Waals surface area contributed by atoms with E-state index in [0.29, 0.717) is 47.3 Å². The van der Waals surface area contributed by atoms with Gasteiger partial charge >= 0.3 is 0 Å². The molecule has 3 aromatic carbocycles. The standard InChI is InChI=1S/C26H21N3O4S/c1-31-25-11-20(8-9-24(25)33-15-22-16-34-17-28-22)26(30)29-21-6-3-7-23(12-21)32-14-19-5-2-4-18(10-19)13-27/h2-12,16-17H,14-15H2,1H3,(H,29,30). The molecule has 0 radical (unpaired) electrons. The highest BCUT2D eigenvalue weighted by molar-refractivity contribution is 7.07. The predicted octanol–water partition coefficient (Wildman–Crippen LogP) is 5.43. The molecular formula is C26H21N3O4S. The Morgan fingerprint density at radius 3 is 2.71 bits per heavy atom. The zero-order valence-corrected chi connectivity index (χ0v) is 19.2. The summed E-state index contributed by atoms with van der Waals surface area (Å²) in [5, 5.41) is 13.8. The third kappa shape index (κ3) is 5.91. The van der Waals surface area contributed by atoms with E-state index in [0.717, 1.165) is 11.3 Å². The zero-order chi connectivity index (χ0) is 23.8. The van der Waals surface area contributed by atoms with Gasteiger partial charge in [0, 0.05) is 22.7 Å². The average molecular weight is 472 g/mol. The second-order valence-electron chi connectivity index (χ2n) is 7.22. The molecular weight excluding hydrogens is 450 g/mol. The Morgan fingerprint density at radius 1 is 1.03 bits per heavy atom. The van der Waals surface area contributed by atoms with Gasteiger partial charge in [0.05, 0.1) is 29.9 Å². The van der Waals surface area contributed by atoms with Gasteiger partial charge < -0.3 is 19.5 Å². The molecule has 4 aromatic rings. The number of thiazole rings is 1. The summed E-state index contributed by atoms with van der Waals surface area (Å²) < 4.78 is 17.0. The molecule has 0 saturated carbocycles. The summed E-state index contributed by atoms with van der Waals surface area (Å²) in [6, 6.07) is 21.5. The van der Waals surface area contributed by atoms with Crippen LogP contribution in [0.15, 0.2) is 77.6 Å². The molecule has 1 N–H and O–H groups in total. The Morgan fingerprint density at radius 2 is 1.91 bits per heavy atom. The van der Waals surface area contributed by atoms with Gasteiger partial charge in [-0.1, -0.05) is 18.2 Å². The molecule has 0 fully saturated rings. The van der Waals surface area contributed by atoms with Gasteiger partial charge in [-0.25, -0.2) is 4.98 Å². The summed E-state index contributed by atoms with van der Waals surface area (Å²) in [7, 11) is 1.53. The lowest BCUT2D eigenvalue weighted by Crippen LogP contribution is -2.12. The summed E-state index contributed by atoms with van der Waals surface area (Å²) in [5.74, 6) is 1.30. The van der Waals surface area contributed by atoms with Gasteiger partial charge in [-0.2, -0.15) is 5.26 Å². The van der Waals surface area contributed by atoms with E-state index < -0.39 is 0 Å². The number of rotatable bonds is 9. The minimum absolute atomic E-state index is 0.289. The van der Waals surface area contributed by atoms with Crippen LogP contribution in [-0.4, -0.2) is 18.0 Å². The number of methoxy groups -OCH3 is 1. The fraction of sp³-hybridized carbons (Fsp3) is 0.115. The molecule has 170 valence electrons. The first-order chi connectivity index (χ1) is 16.6. The number of aromatic nitrogens is 1.